The molecule has 0 saturated carbocycles. The van der Waals surface area contributed by atoms with Crippen LogP contribution in [-0.4, -0.2) is 17.9 Å². The van der Waals surface area contributed by atoms with Crippen LogP contribution in [0, 0.1) is 20.8 Å². The van der Waals surface area contributed by atoms with Crippen molar-refractivity contribution in [1.82, 2.24) is 0 Å². The van der Waals surface area contributed by atoms with E-state index in [-0.39, 0.29) is 16.7 Å². The second-order valence-corrected chi connectivity index (χ2v) is 9.45. The summed E-state index contributed by atoms with van der Waals surface area (Å²) in [6.45, 7) is 7.61. The first-order chi connectivity index (χ1) is 18.5. The number of carbonyl (C=O) groups is 3. The van der Waals surface area contributed by atoms with Crippen molar-refractivity contribution in [3.63, 3.8) is 0 Å². The number of nitrogens with zero attached hydrogens (tertiary/aromatic N) is 3. The number of carboxylic acid groups (broad SMARTS) is 3. The Balaban J connectivity index is 1.79. The van der Waals surface area contributed by atoms with Crippen molar-refractivity contribution in [1.29, 1.82) is 0 Å². The van der Waals surface area contributed by atoms with Crippen LogP contribution in [0.4, 0.5) is 0 Å². The van der Waals surface area contributed by atoms with Crippen molar-refractivity contribution < 1.29 is 43.4 Å². The maximum atomic E-state index is 11.2. The molecule has 0 bridgehead atoms. The van der Waals surface area contributed by atoms with E-state index in [1.54, 1.807) is 37.2 Å². The minimum absolute atomic E-state index is 0.0952. The molecule has 0 amide bonds. The minimum Gasteiger partial charge on any atom is -0.545 e. The van der Waals surface area contributed by atoms with Crippen LogP contribution in [0.25, 0.3) is 0 Å². The van der Waals surface area contributed by atoms with Crippen LogP contribution in [0.2, 0.25) is 0 Å². The van der Waals surface area contributed by atoms with E-state index < -0.39 is 17.9 Å². The fourth-order valence-electron chi connectivity index (χ4n) is 4.75. The van der Waals surface area contributed by atoms with Gasteiger partial charge in [0.15, 0.2) is 56.8 Å². The van der Waals surface area contributed by atoms with Gasteiger partial charge < -0.3 is 29.7 Å². The predicted molar refractivity (Wildman–Crippen MR) is 131 cm³/mol. The lowest BCUT2D eigenvalue weighted by Gasteiger charge is -2.19. The van der Waals surface area contributed by atoms with E-state index in [1.807, 2.05) is 34.5 Å². The van der Waals surface area contributed by atoms with E-state index in [0.717, 1.165) is 33.4 Å². The Morgan fingerprint density at radius 3 is 0.872 bits per heavy atom. The van der Waals surface area contributed by atoms with Crippen molar-refractivity contribution in [3.05, 3.63) is 124 Å². The summed E-state index contributed by atoms with van der Waals surface area (Å²) in [5.74, 6) is -3.71. The topological polar surface area (TPSA) is 132 Å². The number of hydrogen-bond acceptors (Lipinski definition) is 6. The smallest absolute Gasteiger partial charge is 0.174 e. The van der Waals surface area contributed by atoms with Gasteiger partial charge in [0.2, 0.25) is 0 Å². The minimum atomic E-state index is -1.24. The molecule has 0 unspecified atom stereocenters. The standard InChI is InChI=1S/C30H27N3O6/c1-19-25(16-31-10-4-22(5-11-31)28(34)35)20(2)27(18-33-14-8-24(9-15-33)30(38)39)21(3)26(19)17-32-12-6-23(7-13-32)29(36)37/h4-15H,16-18H2,1-3H3. The van der Waals surface area contributed by atoms with E-state index >= 15 is 0 Å². The third-order valence-corrected chi connectivity index (χ3v) is 7.12. The fourth-order valence-corrected chi connectivity index (χ4v) is 4.75. The molecular formula is C30H27N3O6. The molecule has 39 heavy (non-hydrogen) atoms. The van der Waals surface area contributed by atoms with Gasteiger partial charge in [-0.1, -0.05) is 0 Å². The molecule has 0 fully saturated rings. The van der Waals surface area contributed by atoms with Crippen molar-refractivity contribution in [2.75, 3.05) is 0 Å². The molecule has 3 heterocycles. The number of hydrogen-bond donors (Lipinski definition) is 0. The molecular weight excluding hydrogens is 498 g/mol. The van der Waals surface area contributed by atoms with E-state index in [4.69, 9.17) is 0 Å². The summed E-state index contributed by atoms with van der Waals surface area (Å²) >= 11 is 0. The summed E-state index contributed by atoms with van der Waals surface area (Å²) in [5.41, 5.74) is 6.69. The van der Waals surface area contributed by atoms with E-state index in [1.165, 1.54) is 36.4 Å². The first-order valence-corrected chi connectivity index (χ1v) is 12.3. The molecule has 0 aliphatic heterocycles. The number of benzene rings is 1. The molecule has 9 heteroatoms. The summed E-state index contributed by atoms with van der Waals surface area (Å²) in [5, 5.41) is 33.5. The second-order valence-electron chi connectivity index (χ2n) is 9.45. The van der Waals surface area contributed by atoms with Crippen LogP contribution < -0.4 is 29.0 Å². The Morgan fingerprint density at radius 1 is 0.487 bits per heavy atom. The van der Waals surface area contributed by atoms with E-state index in [0.29, 0.717) is 19.6 Å². The lowest BCUT2D eigenvalue weighted by molar-refractivity contribution is -0.690. The van der Waals surface area contributed by atoms with Crippen LogP contribution >= 0.6 is 0 Å². The Hall–Kier alpha value is -4.92. The highest BCUT2D eigenvalue weighted by atomic mass is 16.4. The maximum absolute atomic E-state index is 11.2. The molecule has 4 aromatic rings. The average molecular weight is 526 g/mol. The Kier molecular flexibility index (Phi) is 7.80. The quantitative estimate of drug-likeness (QED) is 0.250. The van der Waals surface area contributed by atoms with Crippen molar-refractivity contribution >= 4 is 17.9 Å². The highest BCUT2D eigenvalue weighted by Crippen LogP contribution is 2.27. The SMILES string of the molecule is Cc1c(C[n+]2ccc(C(=O)[O-])cc2)c(C)c(C[n+]2ccc(C(=O)[O-])cc2)c(C)c1C[n+]1ccc(C(=O)[O-])cc1. The third kappa shape index (κ3) is 5.98. The first kappa shape index (κ1) is 27.1. The Bertz CT molecular complexity index is 1350. The monoisotopic (exact) mass is 525 g/mol. The number of pyridine rings is 3. The highest BCUT2D eigenvalue weighted by Gasteiger charge is 2.23. The van der Waals surface area contributed by atoms with Gasteiger partial charge in [0.1, 0.15) is 0 Å². The van der Waals surface area contributed by atoms with Crippen LogP contribution in [0.3, 0.4) is 0 Å². The van der Waals surface area contributed by atoms with Gasteiger partial charge in [0.05, 0.1) is 17.9 Å². The van der Waals surface area contributed by atoms with Crippen LogP contribution in [0.15, 0.2) is 73.6 Å². The van der Waals surface area contributed by atoms with Crippen LogP contribution in [0.1, 0.15) is 64.5 Å². The third-order valence-electron chi connectivity index (χ3n) is 7.12. The van der Waals surface area contributed by atoms with Gasteiger partial charge in [-0.3, -0.25) is 0 Å². The molecule has 3 aromatic heterocycles. The predicted octanol–water partition coefficient (Wildman–Crippen LogP) is -1.29. The summed E-state index contributed by atoms with van der Waals surface area (Å²) in [4.78, 5) is 33.5. The van der Waals surface area contributed by atoms with Gasteiger partial charge in [-0.05, 0) is 37.5 Å². The summed E-state index contributed by atoms with van der Waals surface area (Å²) in [7, 11) is 0. The molecule has 0 radical (unpaired) electrons. The molecule has 0 aliphatic rings. The molecule has 0 aliphatic carbocycles. The molecule has 0 N–H and O–H groups in total. The van der Waals surface area contributed by atoms with Crippen molar-refractivity contribution in [3.8, 4) is 0 Å². The molecule has 198 valence electrons. The van der Waals surface area contributed by atoms with E-state index in [9.17, 15) is 29.7 Å². The highest BCUT2D eigenvalue weighted by molar-refractivity contribution is 5.86. The number of rotatable bonds is 9. The maximum Gasteiger partial charge on any atom is 0.174 e. The van der Waals surface area contributed by atoms with Crippen LogP contribution in [-0.2, 0) is 19.6 Å². The van der Waals surface area contributed by atoms with Gasteiger partial charge >= 0.3 is 0 Å². The molecule has 0 atom stereocenters. The summed E-state index contributed by atoms with van der Waals surface area (Å²) in [6.07, 6.45) is 10.2. The average Bonchev–Trinajstić information content (AvgIpc) is 2.92. The lowest BCUT2D eigenvalue weighted by atomic mass is 9.87. The first-order valence-electron chi connectivity index (χ1n) is 12.3. The van der Waals surface area contributed by atoms with Crippen LogP contribution in [0.5, 0.6) is 0 Å². The Morgan fingerprint density at radius 2 is 0.692 bits per heavy atom. The van der Waals surface area contributed by atoms with Crippen molar-refractivity contribution in [2.24, 2.45) is 0 Å². The molecule has 4 rings (SSSR count). The molecule has 0 spiro atoms. The molecule has 9 nitrogen and oxygen atoms in total. The molecule has 1 aromatic carbocycles. The number of carboxylic acids is 3. The lowest BCUT2D eigenvalue weighted by Crippen LogP contribution is -2.39. The Labute approximate surface area is 225 Å². The van der Waals surface area contributed by atoms with Crippen molar-refractivity contribution in [2.45, 2.75) is 40.4 Å². The fraction of sp³-hybridized carbons (Fsp3) is 0.200. The normalized spacial score (nSPS) is 10.8. The number of carbonyl (C=O) groups excluding carboxylic acids is 3. The van der Waals surface area contributed by atoms with E-state index in [2.05, 4.69) is 0 Å². The van der Waals surface area contributed by atoms with Gasteiger partial charge in [0.25, 0.3) is 0 Å². The van der Waals surface area contributed by atoms with Gasteiger partial charge in [-0.25, -0.2) is 13.7 Å². The molecule has 0 saturated heterocycles. The summed E-state index contributed by atoms with van der Waals surface area (Å²) in [6, 6.07) is 9.00. The number of aromatic carboxylic acids is 3. The van der Waals surface area contributed by atoms with Gasteiger partial charge in [0, 0.05) is 69.8 Å². The second kappa shape index (κ2) is 11.2. The zero-order valence-corrected chi connectivity index (χ0v) is 21.8. The number of aromatic nitrogens is 3. The van der Waals surface area contributed by atoms with Gasteiger partial charge in [-0.2, -0.15) is 0 Å². The largest absolute Gasteiger partial charge is 0.545 e. The zero-order chi connectivity index (χ0) is 28.3. The van der Waals surface area contributed by atoms with Gasteiger partial charge in [-0.15, -0.1) is 0 Å². The summed E-state index contributed by atoms with van der Waals surface area (Å²) < 4.78 is 5.69. The zero-order valence-electron chi connectivity index (χ0n) is 21.8.